The second-order valence-electron chi connectivity index (χ2n) is 23.7. The highest BCUT2D eigenvalue weighted by Crippen LogP contribution is 2.43. The summed E-state index contributed by atoms with van der Waals surface area (Å²) in [6.07, 6.45) is 0. The van der Waals surface area contributed by atoms with Crippen LogP contribution >= 0.6 is 22.7 Å². The van der Waals surface area contributed by atoms with E-state index in [2.05, 4.69) is 295 Å². The van der Waals surface area contributed by atoms with Crippen molar-refractivity contribution in [1.29, 1.82) is 0 Å². The third kappa shape index (κ3) is 9.57. The lowest BCUT2D eigenvalue weighted by molar-refractivity contribution is 0.666. The summed E-state index contributed by atoms with van der Waals surface area (Å²) < 4.78 is 23.5. The number of rotatable bonds is 0. The highest BCUT2D eigenvalue weighted by molar-refractivity contribution is 7.26. The van der Waals surface area contributed by atoms with E-state index in [9.17, 15) is 0 Å². The number of aryl methyl sites for hydroxylation is 5. The van der Waals surface area contributed by atoms with Gasteiger partial charge in [-0.3, -0.25) is 0 Å². The van der Waals surface area contributed by atoms with Crippen LogP contribution in [0.25, 0.3) is 160 Å². The van der Waals surface area contributed by atoms with Crippen molar-refractivity contribution in [2.75, 3.05) is 0 Å². The highest BCUT2D eigenvalue weighted by Gasteiger charge is 2.16. The van der Waals surface area contributed by atoms with Crippen LogP contribution in [0.15, 0.2) is 286 Å². The van der Waals surface area contributed by atoms with Gasteiger partial charge in [0.1, 0.15) is 33.5 Å². The van der Waals surface area contributed by atoms with Gasteiger partial charge in [0, 0.05) is 72.7 Å². The van der Waals surface area contributed by atoms with Crippen molar-refractivity contribution >= 4 is 183 Å². The number of benzene rings is 15. The Labute approximate surface area is 527 Å². The molecule has 0 aliphatic carbocycles. The van der Waals surface area contributed by atoms with Crippen molar-refractivity contribution in [2.45, 2.75) is 34.6 Å². The Morgan fingerprint density at radius 3 is 1.46 bits per heavy atom. The summed E-state index contributed by atoms with van der Waals surface area (Å²) in [7, 11) is 0. The van der Waals surface area contributed by atoms with E-state index in [1.165, 1.54) is 154 Å². The molecule has 0 spiro atoms. The summed E-state index contributed by atoms with van der Waals surface area (Å²) >= 11 is 3.81. The van der Waals surface area contributed by atoms with Gasteiger partial charge in [-0.25, -0.2) is 0 Å². The van der Waals surface area contributed by atoms with Gasteiger partial charge in [0.15, 0.2) is 0 Å². The van der Waals surface area contributed by atoms with Crippen molar-refractivity contribution in [3.63, 3.8) is 0 Å². The van der Waals surface area contributed by atoms with E-state index in [0.29, 0.717) is 0 Å². The van der Waals surface area contributed by atoms with Crippen LogP contribution in [0.4, 0.5) is 0 Å². The Kier molecular flexibility index (Phi) is 13.7. The third-order valence-corrected chi connectivity index (χ3v) is 20.4. The van der Waals surface area contributed by atoms with Gasteiger partial charge >= 0.3 is 0 Å². The maximum atomic E-state index is 5.99. The molecule has 0 N–H and O–H groups in total. The normalized spacial score (nSPS) is 11.6. The molecular formula is C85H60O3S2. The second kappa shape index (κ2) is 22.5. The molecule has 90 heavy (non-hydrogen) atoms. The SMILES string of the molecule is Cc1cc2ccccc2c2c1oc1ccccc12.Cc1cc2ccccc2c2c1sc1ccccc12.Cc1ccc2oc3cc4ccccc4cc3c2c1.Cc1cccc2c1oc1ccc3ccccc3c12.Cc1cccc2c1sc1ccc3ccccc3c12. The summed E-state index contributed by atoms with van der Waals surface area (Å²) in [5, 5.41) is 25.8. The lowest BCUT2D eigenvalue weighted by Gasteiger charge is -2.03. The number of para-hydroxylation sites is 2. The monoisotopic (exact) mass is 1190 g/mol. The van der Waals surface area contributed by atoms with Gasteiger partial charge in [-0.1, -0.05) is 218 Å². The minimum atomic E-state index is 0.964. The molecule has 0 fully saturated rings. The third-order valence-electron chi connectivity index (χ3n) is 17.8. The van der Waals surface area contributed by atoms with E-state index in [1.54, 1.807) is 0 Å². The topological polar surface area (TPSA) is 39.4 Å². The number of fused-ring (bicyclic) bond motifs is 24. The summed E-state index contributed by atoms with van der Waals surface area (Å²) in [5.41, 5.74) is 12.3. The maximum Gasteiger partial charge on any atom is 0.138 e. The predicted molar refractivity (Wildman–Crippen MR) is 391 cm³/mol. The van der Waals surface area contributed by atoms with Gasteiger partial charge in [-0.15, -0.1) is 22.7 Å². The number of furan rings is 3. The van der Waals surface area contributed by atoms with E-state index in [-0.39, 0.29) is 0 Å². The molecule has 5 heteroatoms. The molecule has 0 saturated carbocycles. The van der Waals surface area contributed by atoms with Crippen LogP contribution in [0, 0.1) is 34.6 Å². The molecule has 430 valence electrons. The quantitative estimate of drug-likeness (QED) is 0.152. The predicted octanol–water partition coefficient (Wildman–Crippen LogP) is 26.2. The highest BCUT2D eigenvalue weighted by atomic mass is 32.1. The average Bonchev–Trinajstić information content (AvgIpc) is 1.91. The molecule has 20 rings (SSSR count). The minimum Gasteiger partial charge on any atom is -0.456 e. The average molecular weight is 1190 g/mol. The molecule has 20 aromatic rings. The van der Waals surface area contributed by atoms with Crippen LogP contribution in [0.1, 0.15) is 27.8 Å². The largest absolute Gasteiger partial charge is 0.456 e. The summed E-state index contributed by atoms with van der Waals surface area (Å²) in [5.74, 6) is 0. The van der Waals surface area contributed by atoms with Crippen molar-refractivity contribution in [3.05, 3.63) is 301 Å². The fourth-order valence-corrected chi connectivity index (χ4v) is 15.8. The zero-order valence-electron chi connectivity index (χ0n) is 50.5. The number of thiophene rings is 2. The summed E-state index contributed by atoms with van der Waals surface area (Å²) in [6.45, 7) is 10.7. The minimum absolute atomic E-state index is 0.964. The van der Waals surface area contributed by atoms with Crippen molar-refractivity contribution in [2.24, 2.45) is 0 Å². The van der Waals surface area contributed by atoms with E-state index < -0.39 is 0 Å². The fourth-order valence-electron chi connectivity index (χ4n) is 13.5. The molecule has 0 radical (unpaired) electrons. The first kappa shape index (κ1) is 54.8. The van der Waals surface area contributed by atoms with Crippen LogP contribution in [0.3, 0.4) is 0 Å². The van der Waals surface area contributed by atoms with Gasteiger partial charge < -0.3 is 13.3 Å². The van der Waals surface area contributed by atoms with E-state index >= 15 is 0 Å². The molecule has 0 atom stereocenters. The molecule has 0 aliphatic rings. The molecule has 0 aliphatic heterocycles. The Bertz CT molecular complexity index is 5870. The van der Waals surface area contributed by atoms with Crippen LogP contribution in [-0.2, 0) is 0 Å². The Morgan fingerprint density at radius 2 is 0.722 bits per heavy atom. The smallest absolute Gasteiger partial charge is 0.138 e. The Balaban J connectivity index is 0.0000000901. The van der Waals surface area contributed by atoms with Gasteiger partial charge in [-0.05, 0) is 171 Å². The second-order valence-corrected chi connectivity index (χ2v) is 25.8. The first-order valence-corrected chi connectivity index (χ1v) is 32.3. The summed E-state index contributed by atoms with van der Waals surface area (Å²) in [6, 6.07) is 96.3. The molecule has 0 unspecified atom stereocenters. The fraction of sp³-hybridized carbons (Fsp3) is 0.0588. The van der Waals surface area contributed by atoms with Crippen molar-refractivity contribution in [1.82, 2.24) is 0 Å². The first-order chi connectivity index (χ1) is 44.2. The Hall–Kier alpha value is -10.6. The lowest BCUT2D eigenvalue weighted by atomic mass is 10.0. The maximum absolute atomic E-state index is 5.99. The molecule has 5 aromatic heterocycles. The molecule has 15 aromatic carbocycles. The van der Waals surface area contributed by atoms with Crippen molar-refractivity contribution in [3.8, 4) is 0 Å². The summed E-state index contributed by atoms with van der Waals surface area (Å²) in [4.78, 5) is 0. The number of hydrogen-bond donors (Lipinski definition) is 0. The zero-order chi connectivity index (χ0) is 60.6. The molecule has 5 heterocycles. The standard InChI is InChI=1S/3C17H12O.2C17H12S/c1-11-5-4-8-14-16-13-7-3-2-6-12(13)9-10-15(16)18-17(11)14;1-11-10-12-6-2-3-7-13(12)16-14-8-4-5-9-15(14)18-17(11)16;1-11-6-7-16-14(8-11)15-9-12-4-2-3-5-13(12)10-17(15)18-16;1-11-5-4-8-14-16-13-7-3-2-6-12(13)9-10-15(16)18-17(11)14;1-11-10-12-6-2-3-7-13(12)16-14-8-4-5-9-15(14)18-17(11)16/h5*2-10H,1H3. The molecule has 0 bridgehead atoms. The van der Waals surface area contributed by atoms with Crippen molar-refractivity contribution < 1.29 is 13.3 Å². The number of hydrogen-bond acceptors (Lipinski definition) is 5. The first-order valence-electron chi connectivity index (χ1n) is 30.7. The van der Waals surface area contributed by atoms with Crippen LogP contribution in [0.5, 0.6) is 0 Å². The van der Waals surface area contributed by atoms with Gasteiger partial charge in [0.05, 0.1) is 0 Å². The van der Waals surface area contributed by atoms with Crippen LogP contribution in [0.2, 0.25) is 0 Å². The molecular weight excluding hydrogens is 1130 g/mol. The van der Waals surface area contributed by atoms with E-state index in [0.717, 1.165) is 33.5 Å². The zero-order valence-corrected chi connectivity index (χ0v) is 52.2. The van der Waals surface area contributed by atoms with Gasteiger partial charge in [0.2, 0.25) is 0 Å². The Morgan fingerprint density at radius 1 is 0.222 bits per heavy atom. The lowest BCUT2D eigenvalue weighted by Crippen LogP contribution is -1.78. The van der Waals surface area contributed by atoms with E-state index in [1.807, 2.05) is 34.8 Å². The van der Waals surface area contributed by atoms with Crippen LogP contribution in [-0.4, -0.2) is 0 Å². The molecule has 0 amide bonds. The molecule has 3 nitrogen and oxygen atoms in total. The van der Waals surface area contributed by atoms with E-state index in [4.69, 9.17) is 13.3 Å². The van der Waals surface area contributed by atoms with Gasteiger partial charge in [-0.2, -0.15) is 0 Å². The van der Waals surface area contributed by atoms with Crippen LogP contribution < -0.4 is 0 Å². The van der Waals surface area contributed by atoms with Gasteiger partial charge in [0.25, 0.3) is 0 Å². The molecule has 0 saturated heterocycles.